The van der Waals surface area contributed by atoms with Gasteiger partial charge in [-0.25, -0.2) is 0 Å². The molecule has 8 aliphatic rings. The van der Waals surface area contributed by atoms with Gasteiger partial charge in [-0.3, -0.25) is 0 Å². The highest BCUT2D eigenvalue weighted by atomic mass is 32.2. The van der Waals surface area contributed by atoms with Gasteiger partial charge in [0.15, 0.2) is 0 Å². The second kappa shape index (κ2) is 13.9. The van der Waals surface area contributed by atoms with E-state index >= 15 is 0 Å². The number of hydrogen-bond donors (Lipinski definition) is 0. The lowest BCUT2D eigenvalue weighted by atomic mass is 9.66. The van der Waals surface area contributed by atoms with Gasteiger partial charge in [-0.05, 0) is 160 Å². The predicted molar refractivity (Wildman–Crippen MR) is 298 cm³/mol. The molecule has 0 fully saturated rings. The fourth-order valence-electron chi connectivity index (χ4n) is 11.7. The van der Waals surface area contributed by atoms with Crippen LogP contribution in [0.2, 0.25) is 0 Å². The Morgan fingerprint density at radius 1 is 0.212 bits per heavy atom. The first-order valence-corrected chi connectivity index (χ1v) is 29.3. The van der Waals surface area contributed by atoms with Crippen molar-refractivity contribution in [1.29, 1.82) is 0 Å². The van der Waals surface area contributed by atoms with E-state index in [-0.39, 0.29) is 10.5 Å². The fourth-order valence-corrected chi connectivity index (χ4v) is 23.9. The summed E-state index contributed by atoms with van der Waals surface area (Å²) in [5.41, 5.74) is 28.7. The Labute approximate surface area is 417 Å². The predicted octanol–water partition coefficient (Wildman–Crippen LogP) is 14.6. The van der Waals surface area contributed by atoms with Gasteiger partial charge >= 0.3 is 21.1 Å². The van der Waals surface area contributed by atoms with Gasteiger partial charge in [0.1, 0.15) is 0 Å². The maximum absolute atomic E-state index is 2.64. The summed E-state index contributed by atoms with van der Waals surface area (Å²) < 4.78 is 0. The van der Waals surface area contributed by atoms with Crippen molar-refractivity contribution >= 4 is 136 Å². The van der Waals surface area contributed by atoms with Crippen LogP contribution in [-0.2, 0) is 0 Å². The molecule has 9 aromatic rings. The Morgan fingerprint density at radius 3 is 0.939 bits per heavy atom. The van der Waals surface area contributed by atoms with Gasteiger partial charge in [0, 0.05) is 50.3 Å². The topological polar surface area (TPSA) is 0 Å². The molecule has 9 aromatic carbocycles. The third-order valence-electron chi connectivity index (χ3n) is 14.5. The van der Waals surface area contributed by atoms with E-state index in [0.29, 0.717) is 10.5 Å². The molecule has 17 rings (SSSR count). The first-order chi connectivity index (χ1) is 32.7. The molecule has 0 spiro atoms. The molecule has 0 radical (unpaired) electrons. The van der Waals surface area contributed by atoms with Crippen LogP contribution in [0.4, 0.5) is 0 Å². The minimum atomic E-state index is 0.273. The first-order valence-electron chi connectivity index (χ1n) is 22.3. The lowest BCUT2D eigenvalue weighted by Crippen LogP contribution is -2.45. The second-order valence-electron chi connectivity index (χ2n) is 17.9. The van der Waals surface area contributed by atoms with Crippen LogP contribution in [0.5, 0.6) is 0 Å². The van der Waals surface area contributed by atoms with Gasteiger partial charge in [-0.1, -0.05) is 97.1 Å². The minimum absolute atomic E-state index is 0.273. The molecule has 0 aromatic heterocycles. The zero-order valence-electron chi connectivity index (χ0n) is 34.6. The number of hydrogen-bond acceptors (Lipinski definition) is 8. The van der Waals surface area contributed by atoms with E-state index < -0.39 is 0 Å². The van der Waals surface area contributed by atoms with Crippen molar-refractivity contribution in [3.8, 4) is 89.0 Å². The van der Waals surface area contributed by atoms with Crippen molar-refractivity contribution in [1.82, 2.24) is 0 Å². The largest absolute Gasteiger partial charge is 0.318 e. The van der Waals surface area contributed by atoms with Gasteiger partial charge in [0.2, 0.25) is 0 Å². The quantitative estimate of drug-likeness (QED) is 0.155. The summed E-state index contributed by atoms with van der Waals surface area (Å²) in [4.78, 5) is 11.3. The highest BCUT2D eigenvalue weighted by Gasteiger charge is 2.49. The van der Waals surface area contributed by atoms with Crippen LogP contribution in [0, 0.1) is 0 Å². The molecule has 66 heavy (non-hydrogen) atoms. The SMILES string of the molecule is c1ccc(-c2cc3c4c(c2)SB2Sc5cc6c(cc5-c5cc7c(c-4c52)B(Sc2ccccc2-7)S3)-c2cc3c4c5c2B(S6)Sc2cc(-c6ccccc6)cc(c2-5)SB4Sc2ccccc2-3)cc1. The molecule has 0 N–H and O–H groups in total. The highest BCUT2D eigenvalue weighted by Crippen LogP contribution is 2.62. The van der Waals surface area contributed by atoms with Crippen LogP contribution < -0.4 is 21.9 Å². The van der Waals surface area contributed by atoms with Crippen LogP contribution in [0.1, 0.15) is 0 Å². The molecule has 0 unspecified atom stereocenters. The normalized spacial score (nSPS) is 15.9. The Morgan fingerprint density at radius 2 is 0.530 bits per heavy atom. The summed E-state index contributed by atoms with van der Waals surface area (Å²) >= 11 is 16.6. The molecule has 0 aliphatic carbocycles. The van der Waals surface area contributed by atoms with E-state index in [1.807, 2.05) is 0 Å². The Balaban J connectivity index is 0.920. The van der Waals surface area contributed by atoms with Crippen LogP contribution in [0.3, 0.4) is 0 Å². The van der Waals surface area contributed by atoms with E-state index in [1.165, 1.54) is 128 Å². The van der Waals surface area contributed by atoms with Gasteiger partial charge in [-0.15, -0.1) is 0 Å². The average Bonchev–Trinajstić information content (AvgIpc) is 3.36. The van der Waals surface area contributed by atoms with E-state index in [9.17, 15) is 0 Å². The molecule has 8 aliphatic heterocycles. The van der Waals surface area contributed by atoms with E-state index in [4.69, 9.17) is 0 Å². The third kappa shape index (κ3) is 5.13. The maximum Gasteiger partial charge on any atom is 0.318 e. The van der Waals surface area contributed by atoms with Crippen molar-refractivity contribution in [3.05, 3.63) is 158 Å². The van der Waals surface area contributed by atoms with Gasteiger partial charge < -0.3 is 0 Å². The molecule has 302 valence electrons. The molecular formula is C54H26B4S8. The van der Waals surface area contributed by atoms with Crippen molar-refractivity contribution in [2.24, 2.45) is 0 Å². The Kier molecular flexibility index (Phi) is 7.97. The average molecular weight is 975 g/mol. The smallest absolute Gasteiger partial charge is 0.154 e. The van der Waals surface area contributed by atoms with Crippen molar-refractivity contribution in [2.75, 3.05) is 0 Å². The summed E-state index contributed by atoms with van der Waals surface area (Å²) in [6, 6.07) is 60.9. The zero-order chi connectivity index (χ0) is 42.5. The van der Waals surface area contributed by atoms with E-state index in [2.05, 4.69) is 251 Å². The lowest BCUT2D eigenvalue weighted by Gasteiger charge is -2.42. The van der Waals surface area contributed by atoms with Crippen molar-refractivity contribution < 1.29 is 0 Å². The molecule has 0 atom stereocenters. The van der Waals surface area contributed by atoms with Crippen LogP contribution >= 0.6 is 92.9 Å². The third-order valence-corrected chi connectivity index (χ3v) is 25.1. The lowest BCUT2D eigenvalue weighted by molar-refractivity contribution is 1.32. The highest BCUT2D eigenvalue weighted by molar-refractivity contribution is 8.58. The molecule has 12 heteroatoms. The van der Waals surface area contributed by atoms with Crippen molar-refractivity contribution in [3.63, 3.8) is 0 Å². The first kappa shape index (κ1) is 38.0. The molecule has 0 saturated heterocycles. The summed E-state index contributed by atoms with van der Waals surface area (Å²) in [5, 5.41) is 1.17. The summed E-state index contributed by atoms with van der Waals surface area (Å²) in [5.74, 6) is 0. The van der Waals surface area contributed by atoms with E-state index in [0.717, 1.165) is 0 Å². The Bertz CT molecular complexity index is 3530. The molecule has 0 saturated carbocycles. The maximum atomic E-state index is 2.64. The zero-order valence-corrected chi connectivity index (χ0v) is 41.1. The molecular weight excluding hydrogens is 948 g/mol. The number of fused-ring (bicyclic) bond motifs is 8. The monoisotopic (exact) mass is 974 g/mol. The van der Waals surface area contributed by atoms with Gasteiger partial charge in [0.25, 0.3) is 0 Å². The fraction of sp³-hybridized carbons (Fsp3) is 0. The van der Waals surface area contributed by atoms with Crippen LogP contribution in [-0.4, -0.2) is 21.1 Å². The molecule has 0 nitrogen and oxygen atoms in total. The summed E-state index contributed by atoms with van der Waals surface area (Å²) in [6.07, 6.45) is 0. The standard InChI is InChI=1S/C54H26B4S8/c1-3-11-27(12-4-1)29-19-43-47-45(21-29)65-57-53-37(24-35-31-15-7-9-17-39(31)59-55(63-43)51(35)49(47)53)33-23-34-38-25-36-32-16-8-10-18-40(32)60-56-52(36)50-48-44(64-56)20-30(28-13-5-2-6-14-28)22-46(48)66-58(54(38)50)62-42(34)26-41(33)61-57/h1-26H. The summed E-state index contributed by atoms with van der Waals surface area (Å²) in [6.45, 7) is 0. The van der Waals surface area contributed by atoms with Gasteiger partial charge in [-0.2, -0.15) is 92.9 Å². The summed E-state index contributed by atoms with van der Waals surface area (Å²) in [7, 11) is 0. The molecule has 0 amide bonds. The minimum Gasteiger partial charge on any atom is -0.154 e. The van der Waals surface area contributed by atoms with Gasteiger partial charge in [0.05, 0.1) is 0 Å². The molecule has 8 heterocycles. The van der Waals surface area contributed by atoms with E-state index in [1.54, 1.807) is 21.9 Å². The molecule has 0 bridgehead atoms. The Hall–Kier alpha value is -3.96. The second-order valence-corrected chi connectivity index (χ2v) is 28.3. The number of rotatable bonds is 2. The van der Waals surface area contributed by atoms with Crippen LogP contribution in [0.15, 0.2) is 197 Å². The van der Waals surface area contributed by atoms with Crippen molar-refractivity contribution in [2.45, 2.75) is 39.2 Å². The number of benzene rings is 9. The van der Waals surface area contributed by atoms with Crippen LogP contribution in [0.25, 0.3) is 89.0 Å².